The van der Waals surface area contributed by atoms with Gasteiger partial charge in [-0.2, -0.15) is 0 Å². The molecule has 6 nitrogen and oxygen atoms in total. The first kappa shape index (κ1) is 9.26. The van der Waals surface area contributed by atoms with E-state index in [1.807, 2.05) is 0 Å². The summed E-state index contributed by atoms with van der Waals surface area (Å²) in [6.45, 7) is 0.678. The number of nitrogen functional groups attached to an aromatic ring is 2. The van der Waals surface area contributed by atoms with Crippen molar-refractivity contribution in [1.29, 1.82) is 0 Å². The molecule has 6 heteroatoms. The van der Waals surface area contributed by atoms with Crippen molar-refractivity contribution in [3.63, 3.8) is 0 Å². The molecule has 1 aliphatic rings. The molecule has 1 aromatic rings. The Kier molecular flexibility index (Phi) is 2.28. The Morgan fingerprint density at radius 2 is 2.14 bits per heavy atom. The average Bonchev–Trinajstić information content (AvgIpc) is 2.75. The maximum atomic E-state index is 5.73. The summed E-state index contributed by atoms with van der Waals surface area (Å²) in [5, 5.41) is 7.76. The lowest BCUT2D eigenvalue weighted by atomic mass is 9.95. The van der Waals surface area contributed by atoms with Crippen molar-refractivity contribution < 1.29 is 0 Å². The summed E-state index contributed by atoms with van der Waals surface area (Å²) in [4.78, 5) is 0. The highest BCUT2D eigenvalue weighted by Crippen LogP contribution is 2.37. The van der Waals surface area contributed by atoms with Crippen molar-refractivity contribution in [3.8, 4) is 0 Å². The number of nitrogens with two attached hydrogens (primary N) is 3. The van der Waals surface area contributed by atoms with Gasteiger partial charge in [0.1, 0.15) is 0 Å². The molecule has 0 radical (unpaired) electrons. The third kappa shape index (κ3) is 1.31. The Labute approximate surface area is 82.4 Å². The third-order valence-corrected chi connectivity index (χ3v) is 3.04. The Morgan fingerprint density at radius 1 is 1.36 bits per heavy atom. The van der Waals surface area contributed by atoms with Gasteiger partial charge in [0.2, 0.25) is 5.95 Å². The summed E-state index contributed by atoms with van der Waals surface area (Å²) < 4.78 is 1.37. The second-order valence-electron chi connectivity index (χ2n) is 3.82. The van der Waals surface area contributed by atoms with Gasteiger partial charge in [0.15, 0.2) is 5.82 Å². The molecule has 2 unspecified atom stereocenters. The van der Waals surface area contributed by atoms with Crippen LogP contribution in [0.3, 0.4) is 0 Å². The van der Waals surface area contributed by atoms with Crippen molar-refractivity contribution in [2.24, 2.45) is 11.7 Å². The van der Waals surface area contributed by atoms with Crippen LogP contribution in [-0.4, -0.2) is 21.4 Å². The first-order valence-electron chi connectivity index (χ1n) is 4.90. The summed E-state index contributed by atoms with van der Waals surface area (Å²) in [5.74, 6) is 7.57. The van der Waals surface area contributed by atoms with Crippen LogP contribution in [0.5, 0.6) is 0 Å². The molecule has 1 aliphatic carbocycles. The molecule has 1 aromatic heterocycles. The van der Waals surface area contributed by atoms with E-state index in [1.54, 1.807) is 0 Å². The van der Waals surface area contributed by atoms with Gasteiger partial charge < -0.3 is 17.3 Å². The van der Waals surface area contributed by atoms with Gasteiger partial charge in [0.05, 0.1) is 0 Å². The highest BCUT2D eigenvalue weighted by Gasteiger charge is 2.31. The van der Waals surface area contributed by atoms with Gasteiger partial charge in [-0.1, -0.05) is 6.42 Å². The predicted molar refractivity (Wildman–Crippen MR) is 53.7 cm³/mol. The standard InChI is InChI=1S/C8H16N6/c9-4-5-2-1-3-6(5)7-12-13-8(10)14(7)11/h5-6H,1-4,9,11H2,(H2,10,13). The molecule has 2 rings (SSSR count). The fourth-order valence-corrected chi connectivity index (χ4v) is 2.23. The van der Waals surface area contributed by atoms with Gasteiger partial charge in [0.25, 0.3) is 0 Å². The summed E-state index contributed by atoms with van der Waals surface area (Å²) >= 11 is 0. The van der Waals surface area contributed by atoms with Gasteiger partial charge in [-0.05, 0) is 25.3 Å². The van der Waals surface area contributed by atoms with Crippen molar-refractivity contribution in [1.82, 2.24) is 14.9 Å². The highest BCUT2D eigenvalue weighted by molar-refractivity contribution is 5.20. The molecule has 0 spiro atoms. The zero-order valence-electron chi connectivity index (χ0n) is 8.06. The van der Waals surface area contributed by atoms with Crippen molar-refractivity contribution in [2.75, 3.05) is 18.1 Å². The molecular weight excluding hydrogens is 180 g/mol. The fourth-order valence-electron chi connectivity index (χ4n) is 2.23. The zero-order valence-corrected chi connectivity index (χ0v) is 8.06. The molecule has 0 amide bonds. The number of anilines is 1. The van der Waals surface area contributed by atoms with Crippen LogP contribution in [-0.2, 0) is 0 Å². The second kappa shape index (κ2) is 3.45. The highest BCUT2D eigenvalue weighted by atomic mass is 15.4. The monoisotopic (exact) mass is 196 g/mol. The van der Waals surface area contributed by atoms with Gasteiger partial charge in [-0.25, -0.2) is 4.68 Å². The molecule has 14 heavy (non-hydrogen) atoms. The van der Waals surface area contributed by atoms with Crippen LogP contribution in [0, 0.1) is 5.92 Å². The molecule has 78 valence electrons. The Morgan fingerprint density at radius 3 is 2.71 bits per heavy atom. The average molecular weight is 196 g/mol. The van der Waals surface area contributed by atoms with Crippen LogP contribution in [0.4, 0.5) is 5.95 Å². The van der Waals surface area contributed by atoms with Crippen LogP contribution in [0.2, 0.25) is 0 Å². The quantitative estimate of drug-likeness (QED) is 0.548. The maximum absolute atomic E-state index is 5.73. The minimum Gasteiger partial charge on any atom is -0.366 e. The van der Waals surface area contributed by atoms with E-state index in [1.165, 1.54) is 11.1 Å². The molecule has 0 bridgehead atoms. The van der Waals surface area contributed by atoms with Crippen molar-refractivity contribution in [2.45, 2.75) is 25.2 Å². The Bertz CT molecular complexity index is 320. The molecule has 1 saturated carbocycles. The van der Waals surface area contributed by atoms with E-state index < -0.39 is 0 Å². The number of rotatable bonds is 2. The lowest BCUT2D eigenvalue weighted by Crippen LogP contribution is -2.23. The molecular formula is C8H16N6. The van der Waals surface area contributed by atoms with E-state index in [4.69, 9.17) is 17.3 Å². The van der Waals surface area contributed by atoms with E-state index in [-0.39, 0.29) is 5.95 Å². The van der Waals surface area contributed by atoms with Crippen LogP contribution >= 0.6 is 0 Å². The predicted octanol–water partition coefficient (Wildman–Crippen LogP) is -0.583. The molecule has 1 fully saturated rings. The second-order valence-corrected chi connectivity index (χ2v) is 3.82. The largest absolute Gasteiger partial charge is 0.366 e. The molecule has 0 aromatic carbocycles. The van der Waals surface area contributed by atoms with E-state index in [0.717, 1.165) is 18.7 Å². The number of aromatic nitrogens is 3. The first-order valence-corrected chi connectivity index (χ1v) is 4.90. The number of nitrogens with zero attached hydrogens (tertiary/aromatic N) is 3. The summed E-state index contributed by atoms with van der Waals surface area (Å²) in [6.07, 6.45) is 3.41. The fraction of sp³-hybridized carbons (Fsp3) is 0.750. The Hall–Kier alpha value is -1.30. The maximum Gasteiger partial charge on any atom is 0.240 e. The van der Waals surface area contributed by atoms with E-state index in [0.29, 0.717) is 18.4 Å². The molecule has 1 heterocycles. The van der Waals surface area contributed by atoms with Crippen LogP contribution in [0.1, 0.15) is 31.0 Å². The van der Waals surface area contributed by atoms with E-state index in [2.05, 4.69) is 10.2 Å². The smallest absolute Gasteiger partial charge is 0.240 e. The number of hydrogen-bond donors (Lipinski definition) is 3. The van der Waals surface area contributed by atoms with Gasteiger partial charge in [0, 0.05) is 5.92 Å². The lowest BCUT2D eigenvalue weighted by molar-refractivity contribution is 0.469. The zero-order chi connectivity index (χ0) is 10.1. The first-order chi connectivity index (χ1) is 6.74. The van der Waals surface area contributed by atoms with E-state index in [9.17, 15) is 0 Å². The lowest BCUT2D eigenvalue weighted by Gasteiger charge is -2.16. The van der Waals surface area contributed by atoms with Gasteiger partial charge >= 0.3 is 0 Å². The summed E-state index contributed by atoms with van der Waals surface area (Å²) in [5.41, 5.74) is 11.2. The topological polar surface area (TPSA) is 109 Å². The van der Waals surface area contributed by atoms with Crippen molar-refractivity contribution >= 4 is 5.95 Å². The minimum atomic E-state index is 0.266. The van der Waals surface area contributed by atoms with Crippen molar-refractivity contribution in [3.05, 3.63) is 5.82 Å². The minimum absolute atomic E-state index is 0.266. The van der Waals surface area contributed by atoms with Gasteiger partial charge in [-0.15, -0.1) is 10.2 Å². The summed E-state index contributed by atoms with van der Waals surface area (Å²) in [7, 11) is 0. The molecule has 2 atom stereocenters. The third-order valence-electron chi connectivity index (χ3n) is 3.04. The van der Waals surface area contributed by atoms with E-state index >= 15 is 0 Å². The molecule has 6 N–H and O–H groups in total. The van der Waals surface area contributed by atoms with Crippen LogP contribution < -0.4 is 17.3 Å². The SMILES string of the molecule is NCC1CCCC1c1nnc(N)n1N. The molecule has 0 saturated heterocycles. The van der Waals surface area contributed by atoms with Crippen LogP contribution in [0.25, 0.3) is 0 Å². The Balaban J connectivity index is 2.26. The molecule has 0 aliphatic heterocycles. The van der Waals surface area contributed by atoms with Crippen LogP contribution in [0.15, 0.2) is 0 Å². The van der Waals surface area contributed by atoms with Gasteiger partial charge in [-0.3, -0.25) is 0 Å². The normalized spacial score (nSPS) is 26.9. The number of hydrogen-bond acceptors (Lipinski definition) is 5. The summed E-state index contributed by atoms with van der Waals surface area (Å²) in [6, 6.07) is 0.